The molecular formula is C15H23. The molecule has 0 aromatic carbocycles. The van der Waals surface area contributed by atoms with Crippen molar-refractivity contribution in [1.82, 2.24) is 0 Å². The normalized spacial score (nSPS) is 47.9. The maximum Gasteiger partial charge on any atom is -0.0111 e. The van der Waals surface area contributed by atoms with Gasteiger partial charge in [0.25, 0.3) is 0 Å². The van der Waals surface area contributed by atoms with Crippen molar-refractivity contribution in [2.45, 2.75) is 53.4 Å². The highest BCUT2D eigenvalue weighted by molar-refractivity contribution is 5.36. The Labute approximate surface area is 94.1 Å². The highest BCUT2D eigenvalue weighted by Gasteiger charge is 2.63. The van der Waals surface area contributed by atoms with E-state index in [1.54, 1.807) is 5.57 Å². The number of hydrogen-bond donors (Lipinski definition) is 0. The smallest absolute Gasteiger partial charge is 0.0111 e. The maximum absolute atomic E-state index is 2.55. The topological polar surface area (TPSA) is 0 Å². The van der Waals surface area contributed by atoms with E-state index in [1.807, 2.05) is 5.92 Å². The van der Waals surface area contributed by atoms with Gasteiger partial charge in [-0.2, -0.15) is 0 Å². The minimum atomic E-state index is 0.488. The van der Waals surface area contributed by atoms with Crippen LogP contribution in [0.2, 0.25) is 0 Å². The fraction of sp³-hybridized carbons (Fsp3) is 0.800. The molecule has 1 spiro atoms. The lowest BCUT2D eigenvalue weighted by Gasteiger charge is -2.36. The average molecular weight is 203 g/mol. The van der Waals surface area contributed by atoms with Gasteiger partial charge in [-0.1, -0.05) is 32.4 Å². The summed E-state index contributed by atoms with van der Waals surface area (Å²) in [5.41, 5.74) is 2.77. The summed E-state index contributed by atoms with van der Waals surface area (Å²) in [7, 11) is 0. The molecule has 0 heterocycles. The fourth-order valence-corrected chi connectivity index (χ4v) is 4.92. The third-order valence-electron chi connectivity index (χ3n) is 5.93. The molecule has 0 N–H and O–H groups in total. The van der Waals surface area contributed by atoms with Gasteiger partial charge in [0.1, 0.15) is 0 Å². The average Bonchev–Trinajstić information content (AvgIpc) is 2.57. The minimum absolute atomic E-state index is 0.488. The third kappa shape index (κ3) is 0.990. The van der Waals surface area contributed by atoms with Gasteiger partial charge in [-0.25, -0.2) is 0 Å². The molecule has 0 amide bonds. The molecule has 83 valence electrons. The molecule has 2 saturated carbocycles. The van der Waals surface area contributed by atoms with Gasteiger partial charge in [0.2, 0.25) is 0 Å². The lowest BCUT2D eigenvalue weighted by molar-refractivity contribution is 0.230. The molecule has 3 rings (SSSR count). The first-order valence-corrected chi connectivity index (χ1v) is 6.52. The molecule has 0 nitrogen and oxygen atoms in total. The summed E-state index contributed by atoms with van der Waals surface area (Å²) < 4.78 is 0. The number of hydrogen-bond acceptors (Lipinski definition) is 0. The second-order valence-corrected chi connectivity index (χ2v) is 6.71. The summed E-state index contributed by atoms with van der Waals surface area (Å²) in [6, 6.07) is 0. The van der Waals surface area contributed by atoms with Gasteiger partial charge in [-0.3, -0.25) is 0 Å². The van der Waals surface area contributed by atoms with Crippen molar-refractivity contribution in [3.63, 3.8) is 0 Å². The Morgan fingerprint density at radius 3 is 2.80 bits per heavy atom. The highest BCUT2D eigenvalue weighted by Crippen LogP contribution is 2.72. The monoisotopic (exact) mass is 203 g/mol. The molecule has 0 aliphatic heterocycles. The zero-order chi connectivity index (χ0) is 10.8. The molecule has 0 aromatic rings. The molecular weight excluding hydrogens is 180 g/mol. The molecule has 0 aromatic heterocycles. The van der Waals surface area contributed by atoms with E-state index >= 15 is 0 Å². The van der Waals surface area contributed by atoms with Gasteiger partial charge >= 0.3 is 0 Å². The predicted octanol–water partition coefficient (Wildman–Crippen LogP) is 4.37. The van der Waals surface area contributed by atoms with Crippen molar-refractivity contribution in [2.24, 2.45) is 22.7 Å². The van der Waals surface area contributed by atoms with E-state index in [0.29, 0.717) is 10.8 Å². The molecule has 3 atom stereocenters. The third-order valence-corrected chi connectivity index (χ3v) is 5.93. The van der Waals surface area contributed by atoms with Crippen LogP contribution in [0, 0.1) is 28.6 Å². The summed E-state index contributed by atoms with van der Waals surface area (Å²) in [6.07, 6.45) is 8.20. The van der Waals surface area contributed by atoms with Crippen molar-refractivity contribution >= 4 is 0 Å². The standard InChI is InChI=1S/C15H23/c1-10-7-8-15-9-12(10)14(3,4)13(15)6-5-11(15)2/h7,11-12H,5-6,8-9H2,1-4H3/t11-,12+,15+/m1/s1. The van der Waals surface area contributed by atoms with E-state index in [-0.39, 0.29) is 0 Å². The number of allylic oxidation sites excluding steroid dienone is 2. The van der Waals surface area contributed by atoms with Crippen LogP contribution in [0.4, 0.5) is 0 Å². The second kappa shape index (κ2) is 2.70. The largest absolute Gasteiger partial charge is 0.0847 e. The maximum atomic E-state index is 2.55. The Morgan fingerprint density at radius 1 is 1.33 bits per heavy atom. The van der Waals surface area contributed by atoms with Crippen LogP contribution in [-0.4, -0.2) is 0 Å². The van der Waals surface area contributed by atoms with E-state index in [0.717, 1.165) is 11.8 Å². The summed E-state index contributed by atoms with van der Waals surface area (Å²) in [5, 5.41) is 0. The second-order valence-electron chi connectivity index (χ2n) is 6.71. The highest BCUT2D eigenvalue weighted by atomic mass is 14.7. The van der Waals surface area contributed by atoms with Crippen molar-refractivity contribution in [1.29, 1.82) is 0 Å². The molecule has 15 heavy (non-hydrogen) atoms. The fourth-order valence-electron chi connectivity index (χ4n) is 4.92. The predicted molar refractivity (Wildman–Crippen MR) is 64.3 cm³/mol. The van der Waals surface area contributed by atoms with Crippen LogP contribution in [0.25, 0.3) is 0 Å². The van der Waals surface area contributed by atoms with Crippen LogP contribution in [0.3, 0.4) is 0 Å². The summed E-state index contributed by atoms with van der Waals surface area (Å²) in [4.78, 5) is 0. The van der Waals surface area contributed by atoms with Gasteiger partial charge in [0, 0.05) is 0 Å². The lowest BCUT2D eigenvalue weighted by atomic mass is 9.68. The molecule has 0 saturated heterocycles. The number of fused-ring (bicyclic) bond motifs is 1. The van der Waals surface area contributed by atoms with Crippen molar-refractivity contribution < 1.29 is 0 Å². The van der Waals surface area contributed by atoms with E-state index in [2.05, 4.69) is 33.8 Å². The quantitative estimate of drug-likeness (QED) is 0.513. The Bertz CT molecular complexity index is 323. The van der Waals surface area contributed by atoms with Crippen molar-refractivity contribution in [2.75, 3.05) is 0 Å². The van der Waals surface area contributed by atoms with Crippen LogP contribution in [-0.2, 0) is 0 Å². The molecule has 0 heteroatoms. The van der Waals surface area contributed by atoms with E-state index in [9.17, 15) is 0 Å². The summed E-state index contributed by atoms with van der Waals surface area (Å²) in [5.74, 6) is 3.70. The number of rotatable bonds is 0. The molecule has 2 fully saturated rings. The zero-order valence-corrected chi connectivity index (χ0v) is 10.6. The van der Waals surface area contributed by atoms with E-state index in [4.69, 9.17) is 0 Å². The van der Waals surface area contributed by atoms with Crippen LogP contribution in [0.1, 0.15) is 53.4 Å². The SMILES string of the molecule is CC1=CC[C@@]23C[C@@H]1C(C)(C)[C]2CC[C@H]3C. The van der Waals surface area contributed by atoms with Crippen LogP contribution >= 0.6 is 0 Å². The van der Waals surface area contributed by atoms with E-state index in [1.165, 1.54) is 25.7 Å². The van der Waals surface area contributed by atoms with Crippen LogP contribution in [0.15, 0.2) is 11.6 Å². The van der Waals surface area contributed by atoms with Gasteiger partial charge in [-0.05, 0) is 61.2 Å². The Hall–Kier alpha value is -0.260. The first kappa shape index (κ1) is 9.93. The Morgan fingerprint density at radius 2 is 2.07 bits per heavy atom. The zero-order valence-electron chi connectivity index (χ0n) is 10.6. The lowest BCUT2D eigenvalue weighted by Crippen LogP contribution is -2.28. The Balaban J connectivity index is 2.11. The summed E-state index contributed by atoms with van der Waals surface area (Å²) >= 11 is 0. The molecule has 3 aliphatic rings. The Kier molecular flexibility index (Phi) is 1.79. The van der Waals surface area contributed by atoms with Gasteiger partial charge in [-0.15, -0.1) is 0 Å². The van der Waals surface area contributed by atoms with Crippen LogP contribution in [0.5, 0.6) is 0 Å². The van der Waals surface area contributed by atoms with E-state index < -0.39 is 0 Å². The van der Waals surface area contributed by atoms with Gasteiger partial charge in [0.05, 0.1) is 0 Å². The first-order chi connectivity index (χ1) is 6.98. The molecule has 3 aliphatic carbocycles. The molecule has 0 unspecified atom stereocenters. The molecule has 2 bridgehead atoms. The van der Waals surface area contributed by atoms with Gasteiger partial charge in [0.15, 0.2) is 0 Å². The minimum Gasteiger partial charge on any atom is -0.0847 e. The van der Waals surface area contributed by atoms with Crippen molar-refractivity contribution in [3.05, 3.63) is 17.6 Å². The van der Waals surface area contributed by atoms with Crippen LogP contribution < -0.4 is 0 Å². The first-order valence-electron chi connectivity index (χ1n) is 6.52. The summed E-state index contributed by atoms with van der Waals surface area (Å²) in [6.45, 7) is 9.83. The van der Waals surface area contributed by atoms with Crippen molar-refractivity contribution in [3.8, 4) is 0 Å². The van der Waals surface area contributed by atoms with Gasteiger partial charge < -0.3 is 0 Å². The molecule has 1 radical (unpaired) electrons.